The number of rotatable bonds is 4. The normalized spacial score (nSPS) is 10.0. The molecule has 0 saturated heterocycles. The van der Waals surface area contributed by atoms with Gasteiger partial charge in [-0.3, -0.25) is 0 Å². The van der Waals surface area contributed by atoms with Crippen molar-refractivity contribution in [2.45, 2.75) is 6.54 Å². The topological polar surface area (TPSA) is 51.2 Å². The van der Waals surface area contributed by atoms with Crippen LogP contribution in [-0.4, -0.2) is 18.1 Å². The first-order valence-electron chi connectivity index (χ1n) is 5.72. The van der Waals surface area contributed by atoms with Crippen LogP contribution < -0.4 is 5.32 Å². The lowest BCUT2D eigenvalue weighted by atomic mass is 10.1. The third-order valence-corrected chi connectivity index (χ3v) is 2.80. The summed E-state index contributed by atoms with van der Waals surface area (Å²) in [5.74, 6) is 0.417. The molecule has 5 heteroatoms. The molecule has 2 aromatic rings. The Bertz CT molecular complexity index is 553. The predicted molar refractivity (Wildman–Crippen MR) is 74.4 cm³/mol. The fourth-order valence-electron chi connectivity index (χ4n) is 1.55. The van der Waals surface area contributed by atoms with Crippen LogP contribution >= 0.6 is 11.6 Å². The van der Waals surface area contributed by atoms with E-state index in [1.165, 1.54) is 7.11 Å². The highest BCUT2D eigenvalue weighted by Crippen LogP contribution is 2.11. The van der Waals surface area contributed by atoms with E-state index in [1.807, 2.05) is 18.2 Å². The smallest absolute Gasteiger partial charge is 0.337 e. The molecule has 0 aliphatic carbocycles. The van der Waals surface area contributed by atoms with Crippen molar-refractivity contribution in [2.24, 2.45) is 0 Å². The second kappa shape index (κ2) is 6.20. The average Bonchev–Trinajstić information content (AvgIpc) is 2.46. The van der Waals surface area contributed by atoms with Crippen molar-refractivity contribution in [1.82, 2.24) is 4.98 Å². The number of hydrogen-bond acceptors (Lipinski definition) is 4. The van der Waals surface area contributed by atoms with E-state index in [0.717, 1.165) is 11.4 Å². The minimum atomic E-state index is -0.334. The van der Waals surface area contributed by atoms with Crippen molar-refractivity contribution in [3.8, 4) is 0 Å². The van der Waals surface area contributed by atoms with Gasteiger partial charge in [0.1, 0.15) is 5.82 Å². The molecule has 19 heavy (non-hydrogen) atoms. The molecule has 2 rings (SSSR count). The highest BCUT2D eigenvalue weighted by Gasteiger charge is 2.04. The maximum Gasteiger partial charge on any atom is 0.337 e. The van der Waals surface area contributed by atoms with Gasteiger partial charge in [-0.2, -0.15) is 0 Å². The Hall–Kier alpha value is -2.07. The quantitative estimate of drug-likeness (QED) is 0.872. The number of halogens is 1. The maximum atomic E-state index is 11.3. The number of anilines is 1. The molecule has 0 bridgehead atoms. The molecule has 98 valence electrons. The largest absolute Gasteiger partial charge is 0.465 e. The number of nitrogens with one attached hydrogen (secondary N) is 1. The van der Waals surface area contributed by atoms with Crippen molar-refractivity contribution in [1.29, 1.82) is 0 Å². The first kappa shape index (κ1) is 13.4. The molecule has 0 fully saturated rings. The first-order valence-corrected chi connectivity index (χ1v) is 6.09. The number of esters is 1. The average molecular weight is 277 g/mol. The molecule has 1 heterocycles. The molecule has 0 amide bonds. The molecule has 1 aromatic heterocycles. The van der Waals surface area contributed by atoms with Gasteiger partial charge < -0.3 is 10.1 Å². The summed E-state index contributed by atoms with van der Waals surface area (Å²) in [6.45, 7) is 0.621. The Morgan fingerprint density at radius 1 is 1.26 bits per heavy atom. The molecule has 4 nitrogen and oxygen atoms in total. The Morgan fingerprint density at radius 3 is 2.58 bits per heavy atom. The zero-order valence-electron chi connectivity index (χ0n) is 10.4. The zero-order chi connectivity index (χ0) is 13.7. The van der Waals surface area contributed by atoms with Gasteiger partial charge >= 0.3 is 5.97 Å². The minimum Gasteiger partial charge on any atom is -0.465 e. The number of nitrogens with zero attached hydrogens (tertiary/aromatic N) is 1. The van der Waals surface area contributed by atoms with Crippen molar-refractivity contribution < 1.29 is 9.53 Å². The highest BCUT2D eigenvalue weighted by atomic mass is 35.5. The van der Waals surface area contributed by atoms with Crippen LogP contribution in [0.1, 0.15) is 15.9 Å². The van der Waals surface area contributed by atoms with Crippen LogP contribution in [0, 0.1) is 0 Å². The summed E-state index contributed by atoms with van der Waals surface area (Å²) in [5, 5.41) is 3.77. The van der Waals surface area contributed by atoms with Crippen LogP contribution in [0.15, 0.2) is 42.6 Å². The monoisotopic (exact) mass is 276 g/mol. The number of carbonyl (C=O) groups excluding carboxylic acids is 1. The molecule has 0 unspecified atom stereocenters. The van der Waals surface area contributed by atoms with Gasteiger partial charge in [0.25, 0.3) is 0 Å². The van der Waals surface area contributed by atoms with E-state index in [1.54, 1.807) is 24.4 Å². The second-order valence-electron chi connectivity index (χ2n) is 3.90. The predicted octanol–water partition coefficient (Wildman–Crippen LogP) is 3.13. The Morgan fingerprint density at radius 2 is 2.00 bits per heavy atom. The molecule has 1 N–H and O–H groups in total. The summed E-state index contributed by atoms with van der Waals surface area (Å²) in [6, 6.07) is 10.8. The summed E-state index contributed by atoms with van der Waals surface area (Å²) in [6.07, 6.45) is 1.59. The molecule has 0 aliphatic rings. The van der Waals surface area contributed by atoms with Crippen LogP contribution in [0.3, 0.4) is 0 Å². The molecule has 0 spiro atoms. The number of aromatic nitrogens is 1. The van der Waals surface area contributed by atoms with Gasteiger partial charge in [-0.15, -0.1) is 0 Å². The van der Waals surface area contributed by atoms with E-state index in [0.29, 0.717) is 17.1 Å². The number of pyridine rings is 1. The molecular weight excluding hydrogens is 264 g/mol. The first-order chi connectivity index (χ1) is 9.19. The third kappa shape index (κ3) is 3.69. The molecule has 0 atom stereocenters. The lowest BCUT2D eigenvalue weighted by molar-refractivity contribution is 0.0600. The second-order valence-corrected chi connectivity index (χ2v) is 4.34. The summed E-state index contributed by atoms with van der Waals surface area (Å²) < 4.78 is 4.64. The zero-order valence-corrected chi connectivity index (χ0v) is 11.1. The number of hydrogen-bond donors (Lipinski definition) is 1. The van der Waals surface area contributed by atoms with Crippen LogP contribution in [0.4, 0.5) is 5.82 Å². The Balaban J connectivity index is 1.96. The van der Waals surface area contributed by atoms with Gasteiger partial charge in [-0.05, 0) is 29.8 Å². The van der Waals surface area contributed by atoms with Gasteiger partial charge in [-0.1, -0.05) is 23.7 Å². The van der Waals surface area contributed by atoms with Crippen molar-refractivity contribution in [3.63, 3.8) is 0 Å². The maximum absolute atomic E-state index is 11.3. The Labute approximate surface area is 116 Å². The van der Waals surface area contributed by atoms with E-state index in [9.17, 15) is 4.79 Å². The van der Waals surface area contributed by atoms with Crippen LogP contribution in [0.25, 0.3) is 0 Å². The van der Waals surface area contributed by atoms with E-state index in [-0.39, 0.29) is 5.97 Å². The van der Waals surface area contributed by atoms with Gasteiger partial charge in [0.05, 0.1) is 17.7 Å². The fraction of sp³-hybridized carbons (Fsp3) is 0.143. The third-order valence-electron chi connectivity index (χ3n) is 2.58. The van der Waals surface area contributed by atoms with Crippen molar-refractivity contribution >= 4 is 23.4 Å². The van der Waals surface area contributed by atoms with Gasteiger partial charge in [0, 0.05) is 12.7 Å². The van der Waals surface area contributed by atoms with Gasteiger partial charge in [0.15, 0.2) is 0 Å². The molecular formula is C14H13ClN2O2. The Kier molecular flexibility index (Phi) is 4.36. The number of methoxy groups -OCH3 is 1. The van der Waals surface area contributed by atoms with E-state index >= 15 is 0 Å². The van der Waals surface area contributed by atoms with E-state index in [2.05, 4.69) is 15.0 Å². The molecule has 0 radical (unpaired) electrons. The number of carbonyl (C=O) groups is 1. The summed E-state index contributed by atoms with van der Waals surface area (Å²) in [4.78, 5) is 15.4. The lowest BCUT2D eigenvalue weighted by Gasteiger charge is -2.06. The van der Waals surface area contributed by atoms with E-state index in [4.69, 9.17) is 11.6 Å². The SMILES string of the molecule is COC(=O)c1ccc(CNc2ccc(Cl)cn2)cc1. The highest BCUT2D eigenvalue weighted by molar-refractivity contribution is 6.30. The standard InChI is InChI=1S/C14H13ClN2O2/c1-19-14(18)11-4-2-10(3-5-11)8-16-13-7-6-12(15)9-17-13/h2-7,9H,8H2,1H3,(H,16,17). The summed E-state index contributed by atoms with van der Waals surface area (Å²) in [5.41, 5.74) is 1.58. The fourth-order valence-corrected chi connectivity index (χ4v) is 1.66. The van der Waals surface area contributed by atoms with Crippen molar-refractivity contribution in [3.05, 3.63) is 58.7 Å². The van der Waals surface area contributed by atoms with E-state index < -0.39 is 0 Å². The summed E-state index contributed by atoms with van der Waals surface area (Å²) in [7, 11) is 1.37. The number of benzene rings is 1. The minimum absolute atomic E-state index is 0.334. The molecule has 0 aliphatic heterocycles. The van der Waals surface area contributed by atoms with Crippen LogP contribution in [-0.2, 0) is 11.3 Å². The summed E-state index contributed by atoms with van der Waals surface area (Å²) >= 11 is 5.76. The lowest BCUT2D eigenvalue weighted by Crippen LogP contribution is -2.03. The van der Waals surface area contributed by atoms with Gasteiger partial charge in [-0.25, -0.2) is 9.78 Å². The molecule has 0 saturated carbocycles. The van der Waals surface area contributed by atoms with Crippen LogP contribution in [0.2, 0.25) is 5.02 Å². The van der Waals surface area contributed by atoms with Crippen LogP contribution in [0.5, 0.6) is 0 Å². The van der Waals surface area contributed by atoms with Crippen molar-refractivity contribution in [2.75, 3.05) is 12.4 Å². The molecule has 1 aromatic carbocycles. The van der Waals surface area contributed by atoms with Gasteiger partial charge in [0.2, 0.25) is 0 Å². The number of ether oxygens (including phenoxy) is 1.